The molecule has 1 aromatic carbocycles. The number of benzene rings is 1. The van der Waals surface area contributed by atoms with Crippen LogP contribution in [-0.2, 0) is 12.8 Å². The molecule has 2 aromatic rings. The highest BCUT2D eigenvalue weighted by molar-refractivity contribution is 7.80. The fraction of sp³-hybridized carbons (Fsp3) is 0.409. The Balaban J connectivity index is 1.80. The van der Waals surface area contributed by atoms with Gasteiger partial charge in [0, 0.05) is 4.88 Å². The number of hydrogen-bond donors (Lipinski definition) is 3. The van der Waals surface area contributed by atoms with Crippen LogP contribution in [0.2, 0.25) is 0 Å². The summed E-state index contributed by atoms with van der Waals surface area (Å²) in [6.07, 6.45) is 2.74. The number of ether oxygens (including phenoxy) is 1. The second kappa shape index (κ2) is 8.73. The number of nitrogens with two attached hydrogens (primary N) is 1. The molecule has 0 saturated heterocycles. The third-order valence-corrected chi connectivity index (χ3v) is 6.92. The van der Waals surface area contributed by atoms with Crippen LogP contribution in [0.25, 0.3) is 0 Å². The van der Waals surface area contributed by atoms with E-state index in [2.05, 4.69) is 31.4 Å². The average Bonchev–Trinajstić information content (AvgIpc) is 3.04. The zero-order chi connectivity index (χ0) is 22.1. The predicted molar refractivity (Wildman–Crippen MR) is 124 cm³/mol. The van der Waals surface area contributed by atoms with E-state index in [-0.39, 0.29) is 16.4 Å². The van der Waals surface area contributed by atoms with Crippen LogP contribution in [0.15, 0.2) is 24.3 Å². The lowest BCUT2D eigenvalue weighted by atomic mass is 9.72. The van der Waals surface area contributed by atoms with Crippen LogP contribution in [0, 0.1) is 11.3 Å². The quantitative estimate of drug-likeness (QED) is 0.615. The van der Waals surface area contributed by atoms with Crippen LogP contribution in [0.1, 0.15) is 58.3 Å². The van der Waals surface area contributed by atoms with Gasteiger partial charge in [-0.05, 0) is 60.5 Å². The van der Waals surface area contributed by atoms with Crippen LogP contribution in [0.5, 0.6) is 5.75 Å². The van der Waals surface area contributed by atoms with E-state index in [1.54, 1.807) is 24.3 Å². The Labute approximate surface area is 186 Å². The first-order valence-electron chi connectivity index (χ1n) is 9.81. The Morgan fingerprint density at radius 3 is 2.60 bits per heavy atom. The highest BCUT2D eigenvalue weighted by atomic mass is 32.1. The van der Waals surface area contributed by atoms with E-state index < -0.39 is 5.91 Å². The normalized spacial score (nSPS) is 15.8. The maximum atomic E-state index is 12.6. The van der Waals surface area contributed by atoms with E-state index in [1.165, 1.54) is 18.4 Å². The molecule has 4 N–H and O–H groups in total. The summed E-state index contributed by atoms with van der Waals surface area (Å²) in [5, 5.41) is 6.37. The Kier molecular flexibility index (Phi) is 6.47. The maximum absolute atomic E-state index is 12.6. The minimum atomic E-state index is -0.483. The topological polar surface area (TPSA) is 93.4 Å². The van der Waals surface area contributed by atoms with Gasteiger partial charge in [-0.2, -0.15) is 0 Å². The molecule has 2 amide bonds. The number of fused-ring (bicyclic) bond motifs is 1. The molecule has 8 heteroatoms. The lowest BCUT2D eigenvalue weighted by Gasteiger charge is -2.33. The third kappa shape index (κ3) is 4.65. The summed E-state index contributed by atoms with van der Waals surface area (Å²) in [6, 6.07) is 6.89. The average molecular weight is 446 g/mol. The first-order chi connectivity index (χ1) is 14.1. The summed E-state index contributed by atoms with van der Waals surface area (Å²) in [6.45, 7) is 6.73. The number of para-hydroxylation sites is 1. The minimum Gasteiger partial charge on any atom is -0.496 e. The first-order valence-corrected chi connectivity index (χ1v) is 11.0. The van der Waals surface area contributed by atoms with Crippen molar-refractivity contribution in [1.29, 1.82) is 0 Å². The molecule has 1 aromatic heterocycles. The molecular formula is C22H27N3O3S2. The smallest absolute Gasteiger partial charge is 0.261 e. The van der Waals surface area contributed by atoms with E-state index >= 15 is 0 Å². The zero-order valence-electron chi connectivity index (χ0n) is 17.6. The minimum absolute atomic E-state index is 0.111. The van der Waals surface area contributed by atoms with Gasteiger partial charge < -0.3 is 15.8 Å². The summed E-state index contributed by atoms with van der Waals surface area (Å²) in [5.41, 5.74) is 7.75. The highest BCUT2D eigenvalue weighted by Gasteiger charge is 2.33. The van der Waals surface area contributed by atoms with Crippen LogP contribution in [-0.4, -0.2) is 24.0 Å². The molecule has 0 spiro atoms. The van der Waals surface area contributed by atoms with Crippen molar-refractivity contribution >= 4 is 45.5 Å². The summed E-state index contributed by atoms with van der Waals surface area (Å²) in [4.78, 5) is 25.9. The van der Waals surface area contributed by atoms with Gasteiger partial charge >= 0.3 is 0 Å². The van der Waals surface area contributed by atoms with Crippen molar-refractivity contribution in [3.63, 3.8) is 0 Å². The molecule has 1 heterocycles. The molecule has 1 aliphatic carbocycles. The van der Waals surface area contributed by atoms with Gasteiger partial charge in [-0.3, -0.25) is 14.9 Å². The fourth-order valence-corrected chi connectivity index (χ4v) is 5.41. The van der Waals surface area contributed by atoms with Crippen molar-refractivity contribution in [2.45, 2.75) is 40.0 Å². The molecule has 0 fully saturated rings. The molecule has 1 aliphatic rings. The van der Waals surface area contributed by atoms with Crippen LogP contribution in [0.3, 0.4) is 0 Å². The number of carbonyl (C=O) groups excluding carboxylic acids is 2. The first kappa shape index (κ1) is 22.2. The number of rotatable bonds is 4. The Hall–Kier alpha value is -2.45. The molecule has 0 aliphatic heterocycles. The number of amides is 2. The van der Waals surface area contributed by atoms with Crippen molar-refractivity contribution in [1.82, 2.24) is 5.32 Å². The van der Waals surface area contributed by atoms with Gasteiger partial charge in [-0.1, -0.05) is 32.9 Å². The largest absolute Gasteiger partial charge is 0.496 e. The fourth-order valence-electron chi connectivity index (χ4n) is 3.81. The van der Waals surface area contributed by atoms with Gasteiger partial charge in [0.15, 0.2) is 5.11 Å². The van der Waals surface area contributed by atoms with Gasteiger partial charge in [0.2, 0.25) is 0 Å². The molecule has 0 unspecified atom stereocenters. The number of nitrogens with one attached hydrogen (secondary N) is 2. The van der Waals surface area contributed by atoms with Crippen LogP contribution >= 0.6 is 23.6 Å². The lowest BCUT2D eigenvalue weighted by Crippen LogP contribution is -2.34. The van der Waals surface area contributed by atoms with E-state index in [4.69, 9.17) is 22.7 Å². The van der Waals surface area contributed by atoms with E-state index in [0.29, 0.717) is 27.8 Å². The lowest BCUT2D eigenvalue weighted by molar-refractivity contribution is 0.0972. The number of hydrogen-bond acceptors (Lipinski definition) is 5. The van der Waals surface area contributed by atoms with Crippen LogP contribution in [0.4, 0.5) is 5.00 Å². The SMILES string of the molecule is COc1ccccc1C(=O)NC(=S)Nc1sc2c(c1C(N)=O)CC[C@@H](C(C)(C)C)C2. The Morgan fingerprint density at radius 2 is 1.97 bits per heavy atom. The van der Waals surface area contributed by atoms with Crippen molar-refractivity contribution in [3.05, 3.63) is 45.8 Å². The number of thiocarbonyl (C=S) groups is 1. The number of thiophene rings is 1. The molecule has 0 saturated carbocycles. The second-order valence-corrected chi connectivity index (χ2v) is 10.00. The van der Waals surface area contributed by atoms with E-state index in [0.717, 1.165) is 29.7 Å². The molecule has 6 nitrogen and oxygen atoms in total. The molecule has 30 heavy (non-hydrogen) atoms. The molecule has 160 valence electrons. The molecule has 1 atom stereocenters. The van der Waals surface area contributed by atoms with E-state index in [9.17, 15) is 9.59 Å². The van der Waals surface area contributed by atoms with E-state index in [1.807, 2.05) is 0 Å². The summed E-state index contributed by atoms with van der Waals surface area (Å²) < 4.78 is 5.23. The number of methoxy groups -OCH3 is 1. The predicted octanol–water partition coefficient (Wildman–Crippen LogP) is 4.13. The number of anilines is 1. The van der Waals surface area contributed by atoms with Gasteiger partial charge in [0.1, 0.15) is 10.8 Å². The summed E-state index contributed by atoms with van der Waals surface area (Å²) >= 11 is 6.83. The second-order valence-electron chi connectivity index (χ2n) is 8.49. The third-order valence-electron chi connectivity index (χ3n) is 5.54. The molecule has 0 bridgehead atoms. The van der Waals surface area contributed by atoms with Crippen molar-refractivity contribution in [3.8, 4) is 5.75 Å². The summed E-state index contributed by atoms with van der Waals surface area (Å²) in [7, 11) is 1.50. The van der Waals surface area contributed by atoms with Crippen molar-refractivity contribution < 1.29 is 14.3 Å². The Bertz CT molecular complexity index is 992. The summed E-state index contributed by atoms with van der Waals surface area (Å²) in [5.74, 6) is 0.118. The monoisotopic (exact) mass is 445 g/mol. The standard InChI is InChI=1S/C22H27N3O3S2/c1-22(2,3)12-9-10-14-16(11-12)30-20(17(14)18(23)26)25-21(29)24-19(27)13-7-5-6-8-15(13)28-4/h5-8,12H,9-11H2,1-4H3,(H2,23,26)(H2,24,25,27,29)/t12-/m1/s1. The van der Waals surface area contributed by atoms with Crippen molar-refractivity contribution in [2.75, 3.05) is 12.4 Å². The van der Waals surface area contributed by atoms with Gasteiger partial charge in [-0.25, -0.2) is 0 Å². The molecule has 3 rings (SSSR count). The van der Waals surface area contributed by atoms with Gasteiger partial charge in [0.05, 0.1) is 18.2 Å². The highest BCUT2D eigenvalue weighted by Crippen LogP contribution is 2.44. The Morgan fingerprint density at radius 1 is 1.27 bits per heavy atom. The van der Waals surface area contributed by atoms with Crippen LogP contribution < -0.4 is 21.1 Å². The molecule has 0 radical (unpaired) electrons. The van der Waals surface area contributed by atoms with Gasteiger partial charge in [-0.15, -0.1) is 11.3 Å². The van der Waals surface area contributed by atoms with Gasteiger partial charge in [0.25, 0.3) is 11.8 Å². The van der Waals surface area contributed by atoms with Crippen molar-refractivity contribution in [2.24, 2.45) is 17.1 Å². The number of primary amides is 1. The maximum Gasteiger partial charge on any atom is 0.261 e. The zero-order valence-corrected chi connectivity index (χ0v) is 19.3. The number of carbonyl (C=O) groups is 2. The molecular weight excluding hydrogens is 418 g/mol.